The number of carbonyl (C=O) groups is 1. The largest absolute Gasteiger partial charge is 0.483 e. The van der Waals surface area contributed by atoms with Crippen molar-refractivity contribution < 1.29 is 17.9 Å². The first kappa shape index (κ1) is 22.1. The predicted octanol–water partition coefficient (Wildman–Crippen LogP) is 2.41. The van der Waals surface area contributed by atoms with Gasteiger partial charge in [0.15, 0.2) is 6.61 Å². The summed E-state index contributed by atoms with van der Waals surface area (Å²) >= 11 is 0. The Morgan fingerprint density at radius 2 is 1.77 bits per heavy atom. The maximum absolute atomic E-state index is 12.5. The quantitative estimate of drug-likeness (QED) is 0.694. The van der Waals surface area contributed by atoms with Crippen LogP contribution in [0, 0.1) is 6.92 Å². The van der Waals surface area contributed by atoms with E-state index in [-0.39, 0.29) is 17.4 Å². The number of aryl methyl sites for hydroxylation is 1. The number of hydrogen-bond donors (Lipinski definition) is 1. The van der Waals surface area contributed by atoms with Crippen molar-refractivity contribution in [3.8, 4) is 5.75 Å². The highest BCUT2D eigenvalue weighted by atomic mass is 32.2. The number of nitrogens with one attached hydrogen (secondary N) is 1. The second-order valence-electron chi connectivity index (χ2n) is 7.32. The highest BCUT2D eigenvalue weighted by Crippen LogP contribution is 2.22. The van der Waals surface area contributed by atoms with E-state index in [1.54, 1.807) is 19.1 Å². The molecule has 0 spiro atoms. The van der Waals surface area contributed by atoms with Crippen LogP contribution in [0.5, 0.6) is 5.75 Å². The Labute approximate surface area is 178 Å². The van der Waals surface area contributed by atoms with Gasteiger partial charge in [0, 0.05) is 38.4 Å². The molecule has 1 aliphatic rings. The monoisotopic (exact) mass is 431 g/mol. The van der Waals surface area contributed by atoms with Crippen molar-refractivity contribution in [2.24, 2.45) is 0 Å². The van der Waals surface area contributed by atoms with Crippen LogP contribution < -0.4 is 14.4 Å². The fraction of sp³-hybridized carbons (Fsp3) is 0.409. The Balaban J connectivity index is 1.52. The molecule has 0 saturated carbocycles. The van der Waals surface area contributed by atoms with Crippen LogP contribution in [0.3, 0.4) is 0 Å². The van der Waals surface area contributed by atoms with Crippen molar-refractivity contribution in [1.82, 2.24) is 9.62 Å². The number of para-hydroxylation sites is 1. The van der Waals surface area contributed by atoms with Gasteiger partial charge >= 0.3 is 0 Å². The topological polar surface area (TPSA) is 78.9 Å². The highest BCUT2D eigenvalue weighted by Gasteiger charge is 2.22. The number of piperazine rings is 1. The average molecular weight is 432 g/mol. The number of amides is 1. The summed E-state index contributed by atoms with van der Waals surface area (Å²) in [5.41, 5.74) is 1.84. The van der Waals surface area contributed by atoms with Crippen LogP contribution in [0.2, 0.25) is 0 Å². The Morgan fingerprint density at radius 1 is 1.07 bits per heavy atom. The Bertz CT molecular complexity index is 956. The summed E-state index contributed by atoms with van der Waals surface area (Å²) in [4.78, 5) is 16.8. The van der Waals surface area contributed by atoms with Crippen LogP contribution >= 0.6 is 0 Å². The lowest BCUT2D eigenvalue weighted by atomic mass is 10.2. The molecule has 0 atom stereocenters. The third-order valence-corrected chi connectivity index (χ3v) is 6.56. The molecular formula is C22H29N3O4S. The second kappa shape index (κ2) is 9.95. The van der Waals surface area contributed by atoms with Crippen molar-refractivity contribution in [2.75, 3.05) is 44.2 Å². The number of anilines is 1. The van der Waals surface area contributed by atoms with E-state index in [1.165, 1.54) is 11.8 Å². The van der Waals surface area contributed by atoms with Gasteiger partial charge in [0.25, 0.3) is 5.91 Å². The Morgan fingerprint density at radius 3 is 2.40 bits per heavy atom. The zero-order chi connectivity index (χ0) is 21.6. The molecule has 0 aliphatic carbocycles. The van der Waals surface area contributed by atoms with Gasteiger partial charge in [-0.3, -0.25) is 4.79 Å². The zero-order valence-corrected chi connectivity index (χ0v) is 18.3. The van der Waals surface area contributed by atoms with Gasteiger partial charge < -0.3 is 14.5 Å². The molecule has 1 aliphatic heterocycles. The van der Waals surface area contributed by atoms with E-state index in [1.807, 2.05) is 30.0 Å². The summed E-state index contributed by atoms with van der Waals surface area (Å²) in [7, 11) is -3.52. The van der Waals surface area contributed by atoms with Crippen LogP contribution in [0.25, 0.3) is 0 Å². The lowest BCUT2D eigenvalue weighted by Gasteiger charge is -2.36. The summed E-state index contributed by atoms with van der Waals surface area (Å²) in [6, 6.07) is 14.8. The fourth-order valence-electron chi connectivity index (χ4n) is 3.35. The number of ether oxygens (including phenoxy) is 1. The van der Waals surface area contributed by atoms with Crippen molar-refractivity contribution in [1.29, 1.82) is 0 Å². The molecule has 162 valence electrons. The minimum absolute atomic E-state index is 0.0631. The van der Waals surface area contributed by atoms with Gasteiger partial charge in [-0.05, 0) is 49.2 Å². The standard InChI is InChI=1S/C22H29N3O4S/c1-3-11-23-30(27,28)20-9-10-21(18(2)16-20)29-17-22(26)25-14-12-24(13-15-25)19-7-5-4-6-8-19/h4-10,16,23H,3,11-15,17H2,1-2H3. The van der Waals surface area contributed by atoms with E-state index in [2.05, 4.69) is 21.8 Å². The first-order chi connectivity index (χ1) is 14.4. The molecule has 1 heterocycles. The number of hydrogen-bond acceptors (Lipinski definition) is 5. The summed E-state index contributed by atoms with van der Waals surface area (Å²) in [6.07, 6.45) is 0.723. The maximum Gasteiger partial charge on any atom is 0.260 e. The van der Waals surface area contributed by atoms with Gasteiger partial charge in [0.1, 0.15) is 5.75 Å². The van der Waals surface area contributed by atoms with Gasteiger partial charge in [0.2, 0.25) is 10.0 Å². The zero-order valence-electron chi connectivity index (χ0n) is 17.5. The first-order valence-electron chi connectivity index (χ1n) is 10.2. The summed E-state index contributed by atoms with van der Waals surface area (Å²) < 4.78 is 32.7. The minimum Gasteiger partial charge on any atom is -0.483 e. The summed E-state index contributed by atoms with van der Waals surface area (Å²) in [5, 5.41) is 0. The second-order valence-corrected chi connectivity index (χ2v) is 9.08. The van der Waals surface area contributed by atoms with Crippen LogP contribution in [-0.4, -0.2) is 58.6 Å². The molecule has 1 saturated heterocycles. The molecule has 0 aromatic heterocycles. The number of nitrogens with zero attached hydrogens (tertiary/aromatic N) is 2. The smallest absolute Gasteiger partial charge is 0.260 e. The van der Waals surface area contributed by atoms with Gasteiger partial charge in [-0.1, -0.05) is 25.1 Å². The van der Waals surface area contributed by atoms with E-state index in [0.717, 1.165) is 19.5 Å². The highest BCUT2D eigenvalue weighted by molar-refractivity contribution is 7.89. The van der Waals surface area contributed by atoms with Gasteiger partial charge in [-0.15, -0.1) is 0 Å². The molecule has 7 nitrogen and oxygen atoms in total. The van der Waals surface area contributed by atoms with Crippen LogP contribution in [0.4, 0.5) is 5.69 Å². The molecule has 1 fully saturated rings. The molecule has 1 N–H and O–H groups in total. The Kier molecular flexibility index (Phi) is 7.33. The molecule has 1 amide bonds. The summed E-state index contributed by atoms with van der Waals surface area (Å²) in [5.74, 6) is 0.448. The first-order valence-corrected chi connectivity index (χ1v) is 11.7. The van der Waals surface area contributed by atoms with Crippen molar-refractivity contribution in [3.05, 3.63) is 54.1 Å². The van der Waals surface area contributed by atoms with Gasteiger partial charge in [0.05, 0.1) is 4.90 Å². The van der Waals surface area contributed by atoms with Gasteiger partial charge in [-0.25, -0.2) is 13.1 Å². The molecule has 8 heteroatoms. The molecule has 2 aromatic rings. The SMILES string of the molecule is CCCNS(=O)(=O)c1ccc(OCC(=O)N2CCN(c3ccccc3)CC2)c(C)c1. The third-order valence-electron chi connectivity index (χ3n) is 5.10. The maximum atomic E-state index is 12.5. The van der Waals surface area contributed by atoms with E-state index >= 15 is 0 Å². The number of rotatable bonds is 8. The molecule has 0 bridgehead atoms. The van der Waals surface area contributed by atoms with Crippen molar-refractivity contribution in [3.63, 3.8) is 0 Å². The molecule has 0 unspecified atom stereocenters. The van der Waals surface area contributed by atoms with E-state index < -0.39 is 10.0 Å². The molecule has 2 aromatic carbocycles. The number of sulfonamides is 1. The molecule has 30 heavy (non-hydrogen) atoms. The van der Waals surface area contributed by atoms with E-state index in [4.69, 9.17) is 4.74 Å². The number of carbonyl (C=O) groups excluding carboxylic acids is 1. The summed E-state index contributed by atoms with van der Waals surface area (Å²) in [6.45, 7) is 6.88. The van der Waals surface area contributed by atoms with Crippen LogP contribution in [0.15, 0.2) is 53.4 Å². The predicted molar refractivity (Wildman–Crippen MR) is 117 cm³/mol. The molecule has 0 radical (unpaired) electrons. The van der Waals surface area contributed by atoms with Crippen molar-refractivity contribution >= 4 is 21.6 Å². The van der Waals surface area contributed by atoms with E-state index in [9.17, 15) is 13.2 Å². The molecule has 3 rings (SSSR count). The minimum atomic E-state index is -3.52. The number of benzene rings is 2. The average Bonchev–Trinajstić information content (AvgIpc) is 2.77. The van der Waals surface area contributed by atoms with Gasteiger partial charge in [-0.2, -0.15) is 0 Å². The third kappa shape index (κ3) is 5.52. The van der Waals surface area contributed by atoms with Crippen LogP contribution in [-0.2, 0) is 14.8 Å². The lowest BCUT2D eigenvalue weighted by molar-refractivity contribution is -0.133. The Hall–Kier alpha value is -2.58. The van der Waals surface area contributed by atoms with Crippen LogP contribution in [0.1, 0.15) is 18.9 Å². The van der Waals surface area contributed by atoms with E-state index in [0.29, 0.717) is 30.9 Å². The molecular weight excluding hydrogens is 402 g/mol. The fourth-order valence-corrected chi connectivity index (χ4v) is 4.57. The lowest BCUT2D eigenvalue weighted by Crippen LogP contribution is -2.50. The van der Waals surface area contributed by atoms with Crippen molar-refractivity contribution in [2.45, 2.75) is 25.2 Å². The normalized spacial score (nSPS) is 14.6.